The van der Waals surface area contributed by atoms with E-state index in [1.807, 2.05) is 16.7 Å². The van der Waals surface area contributed by atoms with Crippen molar-refractivity contribution in [2.24, 2.45) is 0 Å². The Morgan fingerprint density at radius 1 is 1.24 bits per heavy atom. The fourth-order valence-electron chi connectivity index (χ4n) is 2.91. The van der Waals surface area contributed by atoms with Crippen molar-refractivity contribution in [3.63, 3.8) is 0 Å². The van der Waals surface area contributed by atoms with Crippen LogP contribution in [-0.4, -0.2) is 44.4 Å². The Morgan fingerprint density at radius 2 is 1.96 bits per heavy atom. The molecule has 134 valence electrons. The van der Waals surface area contributed by atoms with Crippen molar-refractivity contribution >= 4 is 23.4 Å². The SMILES string of the molecule is CC(C)n1cnnc1SCC(=O)Nc1ccc(CN2CCCC2)cc1. The summed E-state index contributed by atoms with van der Waals surface area (Å²) in [4.78, 5) is 14.6. The Hall–Kier alpha value is -1.86. The predicted octanol–water partition coefficient (Wildman–Crippen LogP) is 3.19. The van der Waals surface area contributed by atoms with Crippen LogP contribution >= 0.6 is 11.8 Å². The summed E-state index contributed by atoms with van der Waals surface area (Å²) in [6, 6.07) is 8.42. The molecular weight excluding hydrogens is 334 g/mol. The molecule has 1 fully saturated rings. The number of carbonyl (C=O) groups excluding carboxylic acids is 1. The molecule has 1 aromatic heterocycles. The van der Waals surface area contributed by atoms with Crippen LogP contribution in [0.5, 0.6) is 0 Å². The van der Waals surface area contributed by atoms with Crippen LogP contribution < -0.4 is 5.32 Å². The van der Waals surface area contributed by atoms with Crippen LogP contribution in [0.3, 0.4) is 0 Å². The molecule has 0 spiro atoms. The summed E-state index contributed by atoms with van der Waals surface area (Å²) < 4.78 is 1.96. The maximum Gasteiger partial charge on any atom is 0.234 e. The molecule has 7 heteroatoms. The smallest absolute Gasteiger partial charge is 0.234 e. The Kier molecular flexibility index (Phi) is 6.09. The summed E-state index contributed by atoms with van der Waals surface area (Å²) >= 11 is 1.40. The second kappa shape index (κ2) is 8.49. The van der Waals surface area contributed by atoms with Gasteiger partial charge in [-0.25, -0.2) is 0 Å². The number of benzene rings is 1. The van der Waals surface area contributed by atoms with Crippen LogP contribution in [0.25, 0.3) is 0 Å². The van der Waals surface area contributed by atoms with Crippen LogP contribution in [0.15, 0.2) is 35.7 Å². The normalized spacial score (nSPS) is 15.0. The number of likely N-dealkylation sites (tertiary alicyclic amines) is 1. The highest BCUT2D eigenvalue weighted by Crippen LogP contribution is 2.19. The fraction of sp³-hybridized carbons (Fsp3) is 0.500. The lowest BCUT2D eigenvalue weighted by Gasteiger charge is -2.14. The van der Waals surface area contributed by atoms with Gasteiger partial charge in [-0.05, 0) is 57.5 Å². The number of rotatable bonds is 7. The van der Waals surface area contributed by atoms with Gasteiger partial charge in [-0.3, -0.25) is 9.69 Å². The topological polar surface area (TPSA) is 63.1 Å². The Balaban J connectivity index is 1.48. The van der Waals surface area contributed by atoms with E-state index in [1.165, 1.54) is 43.3 Å². The van der Waals surface area contributed by atoms with Crippen LogP contribution in [0.1, 0.15) is 38.3 Å². The first kappa shape index (κ1) is 17.9. The van der Waals surface area contributed by atoms with Crippen molar-refractivity contribution in [2.45, 2.75) is 44.4 Å². The number of nitrogens with one attached hydrogen (secondary N) is 1. The zero-order chi connectivity index (χ0) is 17.6. The molecular formula is C18H25N5OS. The average molecular weight is 359 g/mol. The Labute approximate surface area is 153 Å². The molecule has 2 aromatic rings. The minimum atomic E-state index is -0.0319. The monoisotopic (exact) mass is 359 g/mol. The maximum absolute atomic E-state index is 12.2. The van der Waals surface area contributed by atoms with Gasteiger partial charge in [-0.15, -0.1) is 10.2 Å². The van der Waals surface area contributed by atoms with Gasteiger partial charge < -0.3 is 9.88 Å². The molecule has 0 bridgehead atoms. The molecule has 0 unspecified atom stereocenters. The molecule has 1 amide bonds. The van der Waals surface area contributed by atoms with Gasteiger partial charge in [0, 0.05) is 18.3 Å². The van der Waals surface area contributed by atoms with E-state index >= 15 is 0 Å². The quantitative estimate of drug-likeness (QED) is 0.769. The highest BCUT2D eigenvalue weighted by atomic mass is 32.2. The number of anilines is 1. The molecule has 2 heterocycles. The molecule has 1 N–H and O–H groups in total. The zero-order valence-corrected chi connectivity index (χ0v) is 15.6. The first-order valence-corrected chi connectivity index (χ1v) is 9.74. The minimum absolute atomic E-state index is 0.0319. The number of nitrogens with zero attached hydrogens (tertiary/aromatic N) is 4. The molecule has 0 radical (unpaired) electrons. The summed E-state index contributed by atoms with van der Waals surface area (Å²) in [7, 11) is 0. The number of amides is 1. The molecule has 0 saturated carbocycles. The van der Waals surface area contributed by atoms with Crippen molar-refractivity contribution in [2.75, 3.05) is 24.2 Å². The van der Waals surface area contributed by atoms with Gasteiger partial charge >= 0.3 is 0 Å². The van der Waals surface area contributed by atoms with Crippen LogP contribution in [0.2, 0.25) is 0 Å². The van der Waals surface area contributed by atoms with E-state index in [4.69, 9.17) is 0 Å². The first-order valence-electron chi connectivity index (χ1n) is 8.75. The summed E-state index contributed by atoms with van der Waals surface area (Å²) in [6.07, 6.45) is 4.30. The van der Waals surface area contributed by atoms with Gasteiger partial charge in [0.15, 0.2) is 5.16 Å². The average Bonchev–Trinajstić information content (AvgIpc) is 3.26. The van der Waals surface area contributed by atoms with Crippen LogP contribution in [0.4, 0.5) is 5.69 Å². The summed E-state index contributed by atoms with van der Waals surface area (Å²) in [5.41, 5.74) is 2.13. The third kappa shape index (κ3) is 5.06. The summed E-state index contributed by atoms with van der Waals surface area (Å²) in [5, 5.41) is 11.7. The Morgan fingerprint density at radius 3 is 2.64 bits per heavy atom. The fourth-order valence-corrected chi connectivity index (χ4v) is 3.75. The lowest BCUT2D eigenvalue weighted by molar-refractivity contribution is -0.113. The lowest BCUT2D eigenvalue weighted by Crippen LogP contribution is -2.18. The van der Waals surface area contributed by atoms with E-state index < -0.39 is 0 Å². The third-order valence-electron chi connectivity index (χ3n) is 4.27. The van der Waals surface area contributed by atoms with E-state index in [2.05, 4.69) is 46.4 Å². The number of carbonyl (C=O) groups is 1. The van der Waals surface area contributed by atoms with E-state index in [9.17, 15) is 4.79 Å². The Bertz CT molecular complexity index is 692. The van der Waals surface area contributed by atoms with Gasteiger partial charge in [0.2, 0.25) is 5.91 Å². The maximum atomic E-state index is 12.2. The predicted molar refractivity (Wildman–Crippen MR) is 101 cm³/mol. The van der Waals surface area contributed by atoms with E-state index in [0.717, 1.165) is 17.4 Å². The molecule has 1 aliphatic rings. The lowest BCUT2D eigenvalue weighted by atomic mass is 10.2. The molecule has 25 heavy (non-hydrogen) atoms. The number of hydrogen-bond acceptors (Lipinski definition) is 5. The summed E-state index contributed by atoms with van der Waals surface area (Å²) in [5.74, 6) is 0.289. The van der Waals surface area contributed by atoms with E-state index in [1.54, 1.807) is 6.33 Å². The van der Waals surface area contributed by atoms with Crippen molar-refractivity contribution in [3.05, 3.63) is 36.2 Å². The van der Waals surface area contributed by atoms with Gasteiger partial charge in [-0.2, -0.15) is 0 Å². The van der Waals surface area contributed by atoms with Gasteiger partial charge in [0.25, 0.3) is 0 Å². The molecule has 1 saturated heterocycles. The standard InChI is InChI=1S/C18H25N5OS/c1-14(2)23-13-19-21-18(23)25-12-17(24)20-16-7-5-15(6-8-16)11-22-9-3-4-10-22/h5-8,13-14H,3-4,9-12H2,1-2H3,(H,20,24). The number of aromatic nitrogens is 3. The first-order chi connectivity index (χ1) is 12.1. The molecule has 0 atom stereocenters. The van der Waals surface area contributed by atoms with E-state index in [-0.39, 0.29) is 11.9 Å². The largest absolute Gasteiger partial charge is 0.325 e. The van der Waals surface area contributed by atoms with Crippen molar-refractivity contribution in [1.82, 2.24) is 19.7 Å². The highest BCUT2D eigenvalue weighted by Gasteiger charge is 2.12. The molecule has 6 nitrogen and oxygen atoms in total. The number of thioether (sulfide) groups is 1. The minimum Gasteiger partial charge on any atom is -0.325 e. The van der Waals surface area contributed by atoms with E-state index in [0.29, 0.717) is 5.75 Å². The molecule has 1 aromatic carbocycles. The van der Waals surface area contributed by atoms with Crippen LogP contribution in [0, 0.1) is 0 Å². The third-order valence-corrected chi connectivity index (χ3v) is 5.23. The second-order valence-corrected chi connectivity index (χ2v) is 7.57. The molecule has 0 aliphatic carbocycles. The van der Waals surface area contributed by atoms with Gasteiger partial charge in [0.1, 0.15) is 6.33 Å². The molecule has 3 rings (SSSR count). The zero-order valence-electron chi connectivity index (χ0n) is 14.8. The van der Waals surface area contributed by atoms with Gasteiger partial charge in [0.05, 0.1) is 5.75 Å². The molecule has 1 aliphatic heterocycles. The highest BCUT2D eigenvalue weighted by molar-refractivity contribution is 7.99. The van der Waals surface area contributed by atoms with Gasteiger partial charge in [-0.1, -0.05) is 23.9 Å². The van der Waals surface area contributed by atoms with Crippen LogP contribution in [-0.2, 0) is 11.3 Å². The van der Waals surface area contributed by atoms with Crippen molar-refractivity contribution in [1.29, 1.82) is 0 Å². The number of hydrogen-bond donors (Lipinski definition) is 1. The summed E-state index contributed by atoms with van der Waals surface area (Å²) in [6.45, 7) is 7.51. The van der Waals surface area contributed by atoms with Crippen molar-refractivity contribution < 1.29 is 4.79 Å². The second-order valence-electron chi connectivity index (χ2n) is 6.63. The van der Waals surface area contributed by atoms with Crippen molar-refractivity contribution in [3.8, 4) is 0 Å².